The van der Waals surface area contributed by atoms with E-state index in [-0.39, 0.29) is 69.9 Å². The van der Waals surface area contributed by atoms with Crippen molar-refractivity contribution in [2.24, 2.45) is 0 Å². The van der Waals surface area contributed by atoms with E-state index in [9.17, 15) is 55.2 Å². The molecule has 0 aliphatic heterocycles. The standard InChI is InChI=1S/C37H38O14/c1-17-5-24(38)14-29(43)32(17)35(46)50-19(3)7-22-11-27(41)16-31(45)34(22)37(48)51-20(4)8-23-12-28(42)15-30(44)33(23)36(47)49-18(2)6-21-9-25(39)13-26(40)10-21/h5,9-16,18-20,38-45H,6-8H2,1-4H3. The van der Waals surface area contributed by atoms with Crippen LogP contribution in [0.3, 0.4) is 0 Å². The van der Waals surface area contributed by atoms with Crippen molar-refractivity contribution < 1.29 is 69.4 Å². The fraction of sp³-hybridized carbons (Fsp3) is 0.270. The number of aryl methyl sites for hydroxylation is 1. The van der Waals surface area contributed by atoms with Crippen LogP contribution in [0.5, 0.6) is 46.0 Å². The fourth-order valence-corrected chi connectivity index (χ4v) is 5.72. The van der Waals surface area contributed by atoms with Gasteiger partial charge in [0.25, 0.3) is 0 Å². The van der Waals surface area contributed by atoms with Crippen molar-refractivity contribution in [1.82, 2.24) is 0 Å². The number of hydrogen-bond acceptors (Lipinski definition) is 14. The van der Waals surface area contributed by atoms with Crippen LogP contribution in [0.4, 0.5) is 0 Å². The molecule has 4 aromatic carbocycles. The summed E-state index contributed by atoms with van der Waals surface area (Å²) in [6.45, 7) is 5.98. The van der Waals surface area contributed by atoms with Gasteiger partial charge >= 0.3 is 17.9 Å². The van der Waals surface area contributed by atoms with Gasteiger partial charge in [-0.05, 0) is 80.3 Å². The molecule has 14 nitrogen and oxygen atoms in total. The predicted octanol–water partition coefficient (Wildman–Crippen LogP) is 5.00. The maximum absolute atomic E-state index is 13.4. The monoisotopic (exact) mass is 706 g/mol. The summed E-state index contributed by atoms with van der Waals surface area (Å²) in [6.07, 6.45) is -3.09. The molecule has 0 aliphatic rings. The lowest BCUT2D eigenvalue weighted by Gasteiger charge is -2.20. The first-order valence-electron chi connectivity index (χ1n) is 15.7. The summed E-state index contributed by atoms with van der Waals surface area (Å²) in [4.78, 5) is 39.4. The Kier molecular flexibility index (Phi) is 11.4. The summed E-state index contributed by atoms with van der Waals surface area (Å²) < 4.78 is 16.5. The van der Waals surface area contributed by atoms with Crippen LogP contribution in [0.1, 0.15) is 74.1 Å². The van der Waals surface area contributed by atoms with E-state index >= 15 is 0 Å². The van der Waals surface area contributed by atoms with E-state index in [2.05, 4.69) is 0 Å². The van der Waals surface area contributed by atoms with Crippen molar-refractivity contribution in [1.29, 1.82) is 0 Å². The van der Waals surface area contributed by atoms with E-state index in [1.54, 1.807) is 6.92 Å². The molecule has 14 heteroatoms. The van der Waals surface area contributed by atoms with E-state index in [0.29, 0.717) is 5.56 Å². The molecule has 4 rings (SSSR count). The molecular weight excluding hydrogens is 668 g/mol. The Morgan fingerprint density at radius 2 is 0.804 bits per heavy atom. The van der Waals surface area contributed by atoms with Gasteiger partial charge in [-0.3, -0.25) is 0 Å². The molecule has 0 heterocycles. The second kappa shape index (κ2) is 15.5. The first kappa shape index (κ1) is 37.5. The molecule has 8 N–H and O–H groups in total. The third-order valence-corrected chi connectivity index (χ3v) is 7.70. The Hall–Kier alpha value is -6.31. The summed E-state index contributed by atoms with van der Waals surface area (Å²) in [5, 5.41) is 80.9. The van der Waals surface area contributed by atoms with Gasteiger partial charge in [-0.25, -0.2) is 14.4 Å². The Bertz CT molecular complexity index is 1920. The largest absolute Gasteiger partial charge is 0.508 e. The van der Waals surface area contributed by atoms with Gasteiger partial charge in [-0.1, -0.05) is 0 Å². The molecule has 0 bridgehead atoms. The number of esters is 3. The molecule has 4 aromatic rings. The van der Waals surface area contributed by atoms with E-state index in [1.807, 2.05) is 0 Å². The van der Waals surface area contributed by atoms with Crippen LogP contribution in [-0.2, 0) is 33.5 Å². The average molecular weight is 707 g/mol. The smallest absolute Gasteiger partial charge is 0.342 e. The van der Waals surface area contributed by atoms with Crippen LogP contribution in [0, 0.1) is 6.92 Å². The number of phenolic OH excluding ortho intramolecular Hbond substituents is 8. The maximum atomic E-state index is 13.4. The van der Waals surface area contributed by atoms with Crippen LogP contribution < -0.4 is 0 Å². The first-order chi connectivity index (χ1) is 23.9. The lowest BCUT2D eigenvalue weighted by Crippen LogP contribution is -2.23. The summed E-state index contributed by atoms with van der Waals surface area (Å²) in [5.41, 5.74) is -0.0118. The van der Waals surface area contributed by atoms with Crippen LogP contribution in [-0.4, -0.2) is 77.1 Å². The molecule has 51 heavy (non-hydrogen) atoms. The number of carbonyl (C=O) groups is 3. The summed E-state index contributed by atoms with van der Waals surface area (Å²) in [7, 11) is 0. The van der Waals surface area contributed by atoms with E-state index in [4.69, 9.17) is 14.2 Å². The highest BCUT2D eigenvalue weighted by Crippen LogP contribution is 2.33. The number of carbonyl (C=O) groups excluding carboxylic acids is 3. The summed E-state index contributed by atoms with van der Waals surface area (Å²) in [5.74, 6) is -6.07. The second-order valence-corrected chi connectivity index (χ2v) is 12.3. The van der Waals surface area contributed by atoms with E-state index < -0.39 is 65.0 Å². The molecule has 0 radical (unpaired) electrons. The minimum atomic E-state index is -1.04. The summed E-state index contributed by atoms with van der Waals surface area (Å²) >= 11 is 0. The third kappa shape index (κ3) is 9.44. The zero-order valence-corrected chi connectivity index (χ0v) is 28.1. The molecule has 0 fully saturated rings. The highest BCUT2D eigenvalue weighted by atomic mass is 16.6. The lowest BCUT2D eigenvalue weighted by molar-refractivity contribution is 0.0327. The predicted molar refractivity (Wildman–Crippen MR) is 180 cm³/mol. The van der Waals surface area contributed by atoms with Crippen LogP contribution in [0.25, 0.3) is 0 Å². The minimum Gasteiger partial charge on any atom is -0.508 e. The molecule has 0 saturated carbocycles. The van der Waals surface area contributed by atoms with Gasteiger partial charge in [0.2, 0.25) is 0 Å². The Labute approximate surface area is 292 Å². The zero-order chi connectivity index (χ0) is 37.7. The van der Waals surface area contributed by atoms with Gasteiger partial charge in [0.1, 0.15) is 81.0 Å². The number of benzene rings is 4. The number of aromatic hydroxyl groups is 8. The lowest BCUT2D eigenvalue weighted by atomic mass is 9.99. The molecule has 3 unspecified atom stereocenters. The molecular formula is C37H38O14. The van der Waals surface area contributed by atoms with Crippen molar-refractivity contribution in [3.05, 3.63) is 93.5 Å². The maximum Gasteiger partial charge on any atom is 0.342 e. The van der Waals surface area contributed by atoms with Gasteiger partial charge in [0, 0.05) is 43.5 Å². The Morgan fingerprint density at radius 1 is 0.471 bits per heavy atom. The summed E-state index contributed by atoms with van der Waals surface area (Å²) in [6, 6.07) is 10.4. The van der Waals surface area contributed by atoms with E-state index in [1.165, 1.54) is 51.1 Å². The zero-order valence-electron chi connectivity index (χ0n) is 28.1. The topological polar surface area (TPSA) is 241 Å². The van der Waals surface area contributed by atoms with Crippen molar-refractivity contribution in [2.45, 2.75) is 65.3 Å². The SMILES string of the molecule is Cc1cc(O)cc(O)c1C(=O)OC(C)Cc1cc(O)cc(O)c1C(=O)OC(C)Cc1cc(O)cc(O)c1C(=O)OC(C)Cc1cc(O)cc(O)c1. The van der Waals surface area contributed by atoms with Gasteiger partial charge in [-0.2, -0.15) is 0 Å². The van der Waals surface area contributed by atoms with Gasteiger partial charge in [-0.15, -0.1) is 0 Å². The first-order valence-corrected chi connectivity index (χ1v) is 15.7. The highest BCUT2D eigenvalue weighted by Gasteiger charge is 2.27. The molecule has 3 atom stereocenters. The van der Waals surface area contributed by atoms with Crippen LogP contribution >= 0.6 is 0 Å². The minimum absolute atomic E-state index is 0.0463. The molecule has 0 spiro atoms. The quantitative estimate of drug-likeness (QED) is 0.0714. The number of ether oxygens (including phenoxy) is 3. The number of rotatable bonds is 12. The van der Waals surface area contributed by atoms with E-state index in [0.717, 1.165) is 24.3 Å². The third-order valence-electron chi connectivity index (χ3n) is 7.70. The molecule has 0 saturated heterocycles. The number of hydrogen-bond donors (Lipinski definition) is 8. The Balaban J connectivity index is 1.49. The molecule has 0 aliphatic carbocycles. The van der Waals surface area contributed by atoms with Crippen LogP contribution in [0.2, 0.25) is 0 Å². The van der Waals surface area contributed by atoms with Crippen molar-refractivity contribution in [3.8, 4) is 46.0 Å². The molecule has 0 aromatic heterocycles. The molecule has 270 valence electrons. The van der Waals surface area contributed by atoms with Gasteiger partial charge in [0.15, 0.2) is 0 Å². The normalized spacial score (nSPS) is 12.8. The van der Waals surface area contributed by atoms with Crippen LogP contribution in [0.15, 0.2) is 54.6 Å². The second-order valence-electron chi connectivity index (χ2n) is 12.3. The van der Waals surface area contributed by atoms with Crippen molar-refractivity contribution >= 4 is 17.9 Å². The molecule has 0 amide bonds. The van der Waals surface area contributed by atoms with Crippen molar-refractivity contribution in [2.75, 3.05) is 0 Å². The van der Waals surface area contributed by atoms with Gasteiger partial charge in [0.05, 0.1) is 0 Å². The number of phenols is 8. The fourth-order valence-electron chi connectivity index (χ4n) is 5.72. The highest BCUT2D eigenvalue weighted by molar-refractivity contribution is 5.96. The average Bonchev–Trinajstić information content (AvgIpc) is 2.94. The van der Waals surface area contributed by atoms with Crippen molar-refractivity contribution in [3.63, 3.8) is 0 Å². The van der Waals surface area contributed by atoms with Gasteiger partial charge < -0.3 is 55.1 Å². The Morgan fingerprint density at radius 3 is 1.22 bits per heavy atom.